The molecule has 3 rings (SSSR count). The minimum atomic E-state index is 0.0624. The van der Waals surface area contributed by atoms with E-state index in [0.29, 0.717) is 10.6 Å². The van der Waals surface area contributed by atoms with Crippen LogP contribution in [0.5, 0.6) is 0 Å². The molecule has 1 saturated heterocycles. The number of piperidine rings is 1. The van der Waals surface area contributed by atoms with Gasteiger partial charge in [0, 0.05) is 24.2 Å². The van der Waals surface area contributed by atoms with E-state index in [2.05, 4.69) is 12.0 Å². The molecule has 0 saturated carbocycles. The largest absolute Gasteiger partial charge is 0.336 e. The number of carbonyl (C=O) groups is 1. The first-order valence-electron chi connectivity index (χ1n) is 8.27. The highest BCUT2D eigenvalue weighted by Crippen LogP contribution is 2.23. The summed E-state index contributed by atoms with van der Waals surface area (Å²) in [6.45, 7) is 6.59. The molecule has 2 heterocycles. The van der Waals surface area contributed by atoms with E-state index in [-0.39, 0.29) is 18.0 Å². The molecule has 0 unspecified atom stereocenters. The molecular formula is C18H23ClN4O. The van der Waals surface area contributed by atoms with E-state index >= 15 is 0 Å². The average Bonchev–Trinajstić information content (AvgIpc) is 2.82. The van der Waals surface area contributed by atoms with Crippen molar-refractivity contribution in [3.05, 3.63) is 46.2 Å². The summed E-state index contributed by atoms with van der Waals surface area (Å²) in [4.78, 5) is 14.6. The molecule has 24 heavy (non-hydrogen) atoms. The van der Waals surface area contributed by atoms with Gasteiger partial charge in [0.25, 0.3) is 5.91 Å². The first-order valence-corrected chi connectivity index (χ1v) is 8.65. The third kappa shape index (κ3) is 3.06. The van der Waals surface area contributed by atoms with Crippen LogP contribution in [-0.4, -0.2) is 39.2 Å². The number of hydrogen-bond donors (Lipinski definition) is 1. The minimum Gasteiger partial charge on any atom is -0.336 e. The van der Waals surface area contributed by atoms with Crippen LogP contribution >= 0.6 is 11.6 Å². The normalized spacial score (nSPS) is 21.1. The maximum atomic E-state index is 12.7. The lowest BCUT2D eigenvalue weighted by atomic mass is 9.98. The monoisotopic (exact) mass is 346 g/mol. The van der Waals surface area contributed by atoms with E-state index in [1.165, 1.54) is 0 Å². The Bertz CT molecular complexity index is 753. The Morgan fingerprint density at radius 1 is 1.29 bits per heavy atom. The Hall–Kier alpha value is -1.85. The second-order valence-corrected chi connectivity index (χ2v) is 6.95. The van der Waals surface area contributed by atoms with E-state index in [1.54, 1.807) is 4.68 Å². The van der Waals surface area contributed by atoms with Gasteiger partial charge in [-0.2, -0.15) is 5.10 Å². The summed E-state index contributed by atoms with van der Waals surface area (Å²) in [5.41, 5.74) is 9.26. The maximum absolute atomic E-state index is 12.7. The van der Waals surface area contributed by atoms with Crippen LogP contribution in [0, 0.1) is 13.8 Å². The van der Waals surface area contributed by atoms with Gasteiger partial charge in [0.15, 0.2) is 0 Å². The number of hydrogen-bond acceptors (Lipinski definition) is 3. The molecule has 1 aliphatic heterocycles. The zero-order valence-electron chi connectivity index (χ0n) is 14.3. The second-order valence-electron chi connectivity index (χ2n) is 6.58. The fraction of sp³-hybridized carbons (Fsp3) is 0.444. The van der Waals surface area contributed by atoms with Gasteiger partial charge in [-0.1, -0.05) is 11.6 Å². The van der Waals surface area contributed by atoms with Gasteiger partial charge in [0.05, 0.1) is 22.1 Å². The van der Waals surface area contributed by atoms with Gasteiger partial charge in [-0.15, -0.1) is 0 Å². The van der Waals surface area contributed by atoms with Crippen molar-refractivity contribution in [2.45, 2.75) is 45.7 Å². The second kappa shape index (κ2) is 6.57. The van der Waals surface area contributed by atoms with E-state index in [9.17, 15) is 4.79 Å². The highest BCUT2D eigenvalue weighted by atomic mass is 35.5. The summed E-state index contributed by atoms with van der Waals surface area (Å²) in [5.74, 6) is 0.0624. The van der Waals surface area contributed by atoms with Gasteiger partial charge < -0.3 is 10.6 Å². The van der Waals surface area contributed by atoms with Gasteiger partial charge in [-0.3, -0.25) is 4.79 Å². The number of benzene rings is 1. The van der Waals surface area contributed by atoms with Crippen LogP contribution in [0.15, 0.2) is 24.3 Å². The van der Waals surface area contributed by atoms with Crippen LogP contribution in [0.1, 0.15) is 41.5 Å². The number of likely N-dealkylation sites (tertiary alicyclic amines) is 1. The van der Waals surface area contributed by atoms with Gasteiger partial charge >= 0.3 is 0 Å². The minimum absolute atomic E-state index is 0.0624. The Morgan fingerprint density at radius 2 is 1.96 bits per heavy atom. The molecule has 5 nitrogen and oxygen atoms in total. The molecule has 1 amide bonds. The van der Waals surface area contributed by atoms with Crippen molar-refractivity contribution in [3.63, 3.8) is 0 Å². The van der Waals surface area contributed by atoms with Crippen LogP contribution in [0.25, 0.3) is 5.69 Å². The van der Waals surface area contributed by atoms with Crippen LogP contribution < -0.4 is 5.73 Å². The summed E-state index contributed by atoms with van der Waals surface area (Å²) in [5, 5.41) is 5.11. The lowest BCUT2D eigenvalue weighted by molar-refractivity contribution is 0.0619. The molecule has 0 radical (unpaired) electrons. The molecule has 128 valence electrons. The highest BCUT2D eigenvalue weighted by Gasteiger charge is 2.27. The van der Waals surface area contributed by atoms with Gasteiger partial charge in [0.1, 0.15) is 0 Å². The lowest BCUT2D eigenvalue weighted by Gasteiger charge is -2.36. The lowest BCUT2D eigenvalue weighted by Crippen LogP contribution is -2.48. The summed E-state index contributed by atoms with van der Waals surface area (Å²) in [7, 11) is 0. The SMILES string of the molecule is Cc1nn(-c2ccc(C(=O)N3CC[C@H](N)C[C@H]3C)cc2)c(C)c1Cl. The predicted molar refractivity (Wildman–Crippen MR) is 95.8 cm³/mol. The smallest absolute Gasteiger partial charge is 0.254 e. The van der Waals surface area contributed by atoms with E-state index in [1.807, 2.05) is 43.0 Å². The zero-order chi connectivity index (χ0) is 17.4. The Morgan fingerprint density at radius 3 is 2.50 bits per heavy atom. The third-order valence-electron chi connectivity index (χ3n) is 4.74. The molecule has 2 N–H and O–H groups in total. The molecule has 1 aliphatic rings. The predicted octanol–water partition coefficient (Wildman–Crippen LogP) is 3.09. The number of aromatic nitrogens is 2. The van der Waals surface area contributed by atoms with Crippen molar-refractivity contribution >= 4 is 17.5 Å². The van der Waals surface area contributed by atoms with Crippen molar-refractivity contribution in [2.24, 2.45) is 5.73 Å². The maximum Gasteiger partial charge on any atom is 0.254 e. The molecule has 0 aliphatic carbocycles. The molecule has 6 heteroatoms. The molecule has 2 aromatic rings. The summed E-state index contributed by atoms with van der Waals surface area (Å²) < 4.78 is 1.80. The van der Waals surface area contributed by atoms with Crippen LogP contribution in [0.2, 0.25) is 5.02 Å². The van der Waals surface area contributed by atoms with Gasteiger partial charge in [-0.05, 0) is 57.9 Å². The van der Waals surface area contributed by atoms with E-state index in [0.717, 1.165) is 36.5 Å². The summed E-state index contributed by atoms with van der Waals surface area (Å²) in [6.07, 6.45) is 1.71. The number of nitrogens with two attached hydrogens (primary N) is 1. The van der Waals surface area contributed by atoms with Crippen LogP contribution in [-0.2, 0) is 0 Å². The zero-order valence-corrected chi connectivity index (χ0v) is 15.0. The Labute approximate surface area is 147 Å². The third-order valence-corrected chi connectivity index (χ3v) is 5.29. The van der Waals surface area contributed by atoms with Crippen molar-refractivity contribution in [2.75, 3.05) is 6.54 Å². The molecular weight excluding hydrogens is 324 g/mol. The van der Waals surface area contributed by atoms with E-state index in [4.69, 9.17) is 17.3 Å². The first-order chi connectivity index (χ1) is 11.4. The van der Waals surface area contributed by atoms with Crippen LogP contribution in [0.3, 0.4) is 0 Å². The molecule has 1 aromatic heterocycles. The quantitative estimate of drug-likeness (QED) is 0.908. The number of nitrogens with zero attached hydrogens (tertiary/aromatic N) is 3. The fourth-order valence-corrected chi connectivity index (χ4v) is 3.41. The Balaban J connectivity index is 1.81. The van der Waals surface area contributed by atoms with Crippen molar-refractivity contribution < 1.29 is 4.79 Å². The number of amides is 1. The number of carbonyl (C=O) groups excluding carboxylic acids is 1. The Kier molecular flexibility index (Phi) is 4.65. The van der Waals surface area contributed by atoms with Crippen molar-refractivity contribution in [3.8, 4) is 5.69 Å². The first kappa shape index (κ1) is 17.0. The van der Waals surface area contributed by atoms with Crippen molar-refractivity contribution in [1.29, 1.82) is 0 Å². The number of halogens is 1. The van der Waals surface area contributed by atoms with E-state index < -0.39 is 0 Å². The number of aryl methyl sites for hydroxylation is 1. The molecule has 1 aromatic carbocycles. The topological polar surface area (TPSA) is 64.2 Å². The number of rotatable bonds is 2. The van der Waals surface area contributed by atoms with Crippen LogP contribution in [0.4, 0.5) is 0 Å². The summed E-state index contributed by atoms with van der Waals surface area (Å²) >= 11 is 6.21. The molecule has 0 spiro atoms. The molecule has 2 atom stereocenters. The van der Waals surface area contributed by atoms with Gasteiger partial charge in [-0.25, -0.2) is 4.68 Å². The standard InChI is InChI=1S/C18H23ClN4O/c1-11-10-15(20)8-9-22(11)18(24)14-4-6-16(7-5-14)23-13(3)17(19)12(2)21-23/h4-7,11,15H,8-10,20H2,1-3H3/t11-,15+/m1/s1. The van der Waals surface area contributed by atoms with Crippen molar-refractivity contribution in [1.82, 2.24) is 14.7 Å². The molecule has 1 fully saturated rings. The molecule has 0 bridgehead atoms. The fourth-order valence-electron chi connectivity index (χ4n) is 3.30. The van der Waals surface area contributed by atoms with Gasteiger partial charge in [0.2, 0.25) is 0 Å². The highest BCUT2D eigenvalue weighted by molar-refractivity contribution is 6.31. The summed E-state index contributed by atoms with van der Waals surface area (Å²) in [6, 6.07) is 7.89. The average molecular weight is 347 g/mol.